The number of hydrogen-bond donors (Lipinski definition) is 3. The molecule has 36 heavy (non-hydrogen) atoms. The highest BCUT2D eigenvalue weighted by Crippen LogP contribution is 2.27. The number of carboxylic acids is 1. The van der Waals surface area contributed by atoms with E-state index in [0.29, 0.717) is 18.9 Å². The second-order valence-electron chi connectivity index (χ2n) is 8.67. The number of halogens is 3. The minimum Gasteiger partial charge on any atom is -0.475 e. The van der Waals surface area contributed by atoms with Crippen LogP contribution in [0.15, 0.2) is 53.9 Å². The quantitative estimate of drug-likeness (QED) is 0.452. The first-order chi connectivity index (χ1) is 16.9. The summed E-state index contributed by atoms with van der Waals surface area (Å²) in [6, 6.07) is 11.1. The van der Waals surface area contributed by atoms with Gasteiger partial charge in [-0.25, -0.2) is 4.79 Å². The zero-order valence-corrected chi connectivity index (χ0v) is 20.8. The van der Waals surface area contributed by atoms with Crippen molar-refractivity contribution < 1.29 is 32.7 Å². The number of carboxylic acid groups (broad SMARTS) is 1. The van der Waals surface area contributed by atoms with Crippen molar-refractivity contribution in [3.63, 3.8) is 0 Å². The van der Waals surface area contributed by atoms with Crippen LogP contribution < -0.4 is 16.0 Å². The second-order valence-corrected chi connectivity index (χ2v) is 9.70. The normalized spacial score (nSPS) is 14.7. The summed E-state index contributed by atoms with van der Waals surface area (Å²) in [6.07, 6.45) is 0.446. The molecule has 0 radical (unpaired) electrons. The van der Waals surface area contributed by atoms with E-state index in [1.165, 1.54) is 5.56 Å². The van der Waals surface area contributed by atoms with Crippen molar-refractivity contribution >= 4 is 34.8 Å². The number of fused-ring (bicyclic) bond motifs is 1. The molecule has 1 aliphatic rings. The third-order valence-corrected chi connectivity index (χ3v) is 6.16. The first-order valence-electron chi connectivity index (χ1n) is 11.3. The highest BCUT2D eigenvalue weighted by molar-refractivity contribution is 7.09. The summed E-state index contributed by atoms with van der Waals surface area (Å²) in [6.45, 7) is 4.88. The summed E-state index contributed by atoms with van der Waals surface area (Å²) in [5, 5.41) is 12.1. The Labute approximate surface area is 211 Å². The number of hydrogen-bond acceptors (Lipinski definition) is 5. The lowest BCUT2D eigenvalue weighted by Crippen LogP contribution is -2.46. The number of nitrogens with one attached hydrogen (secondary N) is 1. The number of carbonyl (C=O) groups excluding carboxylic acids is 2. The number of para-hydroxylation sites is 1. The van der Waals surface area contributed by atoms with Crippen molar-refractivity contribution in [2.24, 2.45) is 11.7 Å². The maximum Gasteiger partial charge on any atom is 0.490 e. The summed E-state index contributed by atoms with van der Waals surface area (Å²) in [5.74, 6) is -2.62. The van der Waals surface area contributed by atoms with Gasteiger partial charge in [0.25, 0.3) is 5.91 Å². The number of amides is 2. The molecule has 11 heteroatoms. The first-order valence-corrected chi connectivity index (χ1v) is 12.2. The molecule has 0 saturated carbocycles. The van der Waals surface area contributed by atoms with E-state index in [1.54, 1.807) is 28.4 Å². The molecule has 0 saturated heterocycles. The lowest BCUT2D eigenvalue weighted by molar-refractivity contribution is -0.192. The van der Waals surface area contributed by atoms with Gasteiger partial charge in [0, 0.05) is 35.6 Å². The average Bonchev–Trinajstić information content (AvgIpc) is 3.46. The number of rotatable bonds is 8. The van der Waals surface area contributed by atoms with Gasteiger partial charge >= 0.3 is 12.1 Å². The molecule has 2 aromatic rings. The lowest BCUT2D eigenvalue weighted by Gasteiger charge is -2.20. The molecule has 0 bridgehead atoms. The Balaban J connectivity index is 0.000000572. The molecule has 0 fully saturated rings. The van der Waals surface area contributed by atoms with Crippen LogP contribution in [0.3, 0.4) is 0 Å². The second kappa shape index (κ2) is 13.2. The summed E-state index contributed by atoms with van der Waals surface area (Å²) in [4.78, 5) is 37.1. The fourth-order valence-corrected chi connectivity index (χ4v) is 4.34. The van der Waals surface area contributed by atoms with Crippen LogP contribution in [0.5, 0.6) is 0 Å². The van der Waals surface area contributed by atoms with Gasteiger partial charge in [0.05, 0.1) is 6.04 Å². The molecule has 2 amide bonds. The van der Waals surface area contributed by atoms with Crippen molar-refractivity contribution in [3.05, 3.63) is 64.4 Å². The van der Waals surface area contributed by atoms with Crippen LogP contribution in [0.1, 0.15) is 30.7 Å². The summed E-state index contributed by atoms with van der Waals surface area (Å²) >= 11 is 1.60. The molecule has 3 rings (SSSR count). The molecule has 4 N–H and O–H groups in total. The number of anilines is 1. The van der Waals surface area contributed by atoms with Gasteiger partial charge in [-0.3, -0.25) is 9.59 Å². The number of carbonyl (C=O) groups is 3. The predicted molar refractivity (Wildman–Crippen MR) is 133 cm³/mol. The molecule has 1 aromatic carbocycles. The number of benzene rings is 1. The van der Waals surface area contributed by atoms with Gasteiger partial charge in [0.2, 0.25) is 5.91 Å². The van der Waals surface area contributed by atoms with E-state index in [-0.39, 0.29) is 17.9 Å². The van der Waals surface area contributed by atoms with Gasteiger partial charge < -0.3 is 21.1 Å². The topological polar surface area (TPSA) is 113 Å². The number of nitrogens with two attached hydrogens (primary N) is 1. The van der Waals surface area contributed by atoms with Gasteiger partial charge in [0.15, 0.2) is 0 Å². The Morgan fingerprint density at radius 1 is 1.19 bits per heavy atom. The molecular weight excluding hydrogens is 495 g/mol. The third kappa shape index (κ3) is 9.12. The van der Waals surface area contributed by atoms with Crippen molar-refractivity contribution in [1.82, 2.24) is 5.32 Å². The number of thiophene rings is 1. The van der Waals surface area contributed by atoms with E-state index in [0.717, 1.165) is 23.4 Å². The summed E-state index contributed by atoms with van der Waals surface area (Å²) < 4.78 is 31.7. The number of nitrogens with zero attached hydrogens (tertiary/aromatic N) is 1. The molecule has 0 aliphatic carbocycles. The van der Waals surface area contributed by atoms with Gasteiger partial charge in [0.1, 0.15) is 0 Å². The standard InChI is InChI=1S/C23H29N3O2S.C2HF3O2/c1-16(2)14-18(25-23(28)20(24)15-19-7-5-13-29-19)9-10-22(27)26-12-11-17-6-3-4-8-21(17)26;3-2(4,5)1(6)7/h3-10,13,16,18,20H,11-12,14-15,24H2,1-2H3,(H,25,28);(H,6,7)/b10-9+;/t18-,20+;/m1./s1. The molecular formula is C25H30F3N3O4S. The van der Waals surface area contributed by atoms with E-state index in [9.17, 15) is 22.8 Å². The molecule has 0 unspecified atom stereocenters. The van der Waals surface area contributed by atoms with Crippen LogP contribution in [-0.4, -0.2) is 47.7 Å². The van der Waals surface area contributed by atoms with Gasteiger partial charge in [-0.2, -0.15) is 13.2 Å². The smallest absolute Gasteiger partial charge is 0.475 e. The van der Waals surface area contributed by atoms with Crippen LogP contribution in [0.25, 0.3) is 0 Å². The lowest BCUT2D eigenvalue weighted by atomic mass is 10.0. The first kappa shape index (κ1) is 29.1. The zero-order chi connectivity index (χ0) is 26.9. The van der Waals surface area contributed by atoms with E-state index < -0.39 is 18.2 Å². The number of alkyl halides is 3. The van der Waals surface area contributed by atoms with Crippen molar-refractivity contribution in [1.29, 1.82) is 0 Å². The van der Waals surface area contributed by atoms with Gasteiger partial charge in [-0.1, -0.05) is 44.2 Å². The van der Waals surface area contributed by atoms with Crippen LogP contribution >= 0.6 is 11.3 Å². The molecule has 1 aliphatic heterocycles. The van der Waals surface area contributed by atoms with Crippen molar-refractivity contribution in [2.45, 2.75) is 51.4 Å². The molecule has 1 aromatic heterocycles. The van der Waals surface area contributed by atoms with Gasteiger partial charge in [-0.15, -0.1) is 11.3 Å². The average molecular weight is 526 g/mol. The SMILES string of the molecule is CC(C)C[C@@H](/C=C/C(=O)N1CCc2ccccc21)NC(=O)[C@@H](N)Cc1cccs1.O=C(O)C(F)(F)F. The molecule has 2 atom stereocenters. The number of aliphatic carboxylic acids is 1. The van der Waals surface area contributed by atoms with Crippen LogP contribution in [0.4, 0.5) is 18.9 Å². The van der Waals surface area contributed by atoms with E-state index in [2.05, 4.69) is 25.2 Å². The highest BCUT2D eigenvalue weighted by Gasteiger charge is 2.38. The Bertz CT molecular complexity index is 1060. The Hall–Kier alpha value is -3.18. The van der Waals surface area contributed by atoms with E-state index >= 15 is 0 Å². The minimum atomic E-state index is -5.08. The van der Waals surface area contributed by atoms with Crippen LogP contribution in [0, 0.1) is 5.92 Å². The van der Waals surface area contributed by atoms with Crippen molar-refractivity contribution in [3.8, 4) is 0 Å². The maximum atomic E-state index is 12.7. The molecule has 7 nitrogen and oxygen atoms in total. The van der Waals surface area contributed by atoms with Crippen LogP contribution in [-0.2, 0) is 27.2 Å². The Morgan fingerprint density at radius 2 is 1.86 bits per heavy atom. The fourth-order valence-electron chi connectivity index (χ4n) is 3.58. The molecule has 2 heterocycles. The molecule has 196 valence electrons. The monoisotopic (exact) mass is 525 g/mol. The highest BCUT2D eigenvalue weighted by atomic mass is 32.1. The largest absolute Gasteiger partial charge is 0.490 e. The van der Waals surface area contributed by atoms with Crippen LogP contribution in [0.2, 0.25) is 0 Å². The zero-order valence-electron chi connectivity index (χ0n) is 20.0. The third-order valence-electron chi connectivity index (χ3n) is 5.26. The predicted octanol–water partition coefficient (Wildman–Crippen LogP) is 3.93. The Morgan fingerprint density at radius 3 is 2.44 bits per heavy atom. The molecule has 0 spiro atoms. The summed E-state index contributed by atoms with van der Waals surface area (Å²) in [5.41, 5.74) is 8.26. The minimum absolute atomic E-state index is 0.0548. The van der Waals surface area contributed by atoms with Gasteiger partial charge in [-0.05, 0) is 41.8 Å². The van der Waals surface area contributed by atoms with Crippen molar-refractivity contribution in [2.75, 3.05) is 11.4 Å². The van der Waals surface area contributed by atoms with E-state index in [1.807, 2.05) is 35.7 Å². The summed E-state index contributed by atoms with van der Waals surface area (Å²) in [7, 11) is 0. The Kier molecular flexibility index (Phi) is 10.7. The maximum absolute atomic E-state index is 12.7. The fraction of sp³-hybridized carbons (Fsp3) is 0.400. The van der Waals surface area contributed by atoms with E-state index in [4.69, 9.17) is 15.6 Å².